The Morgan fingerprint density at radius 2 is 1.90 bits per heavy atom. The van der Waals surface area contributed by atoms with E-state index in [0.717, 1.165) is 0 Å². The van der Waals surface area contributed by atoms with Gasteiger partial charge in [0.05, 0.1) is 18.2 Å². The van der Waals surface area contributed by atoms with Gasteiger partial charge in [0.2, 0.25) is 0 Å². The van der Waals surface area contributed by atoms with E-state index < -0.39 is 19.5 Å². The van der Waals surface area contributed by atoms with Crippen molar-refractivity contribution in [1.29, 1.82) is 0 Å². The fourth-order valence-corrected chi connectivity index (χ4v) is 4.84. The lowest BCUT2D eigenvalue weighted by Crippen LogP contribution is -2.52. The average Bonchev–Trinajstić information content (AvgIpc) is 2.87. The number of nitrogens with zero attached hydrogens (tertiary/aromatic N) is 4. The zero-order chi connectivity index (χ0) is 22.5. The maximum Gasteiger partial charge on any atom is 0.410 e. The number of hydrogen-bond donors (Lipinski definition) is 0. The van der Waals surface area contributed by atoms with E-state index in [-0.39, 0.29) is 17.2 Å². The molecule has 0 aromatic rings. The molecule has 0 bridgehead atoms. The minimum atomic E-state index is -2.00. The molecule has 0 unspecified atom stereocenters. The first-order valence-electron chi connectivity index (χ1n) is 10.4. The molecule has 0 N–H and O–H groups in total. The summed E-state index contributed by atoms with van der Waals surface area (Å²) in [6, 6.07) is 0. The highest BCUT2D eigenvalue weighted by atomic mass is 28.4. The summed E-state index contributed by atoms with van der Waals surface area (Å²) in [6.07, 6.45) is 1.59. The molecule has 0 aromatic carbocycles. The van der Waals surface area contributed by atoms with Gasteiger partial charge in [-0.2, -0.15) is 0 Å². The zero-order valence-corrected chi connectivity index (χ0v) is 20.7. The predicted molar refractivity (Wildman–Crippen MR) is 117 cm³/mol. The van der Waals surface area contributed by atoms with E-state index in [4.69, 9.17) is 19.4 Å². The van der Waals surface area contributed by atoms with Gasteiger partial charge in [0.15, 0.2) is 8.32 Å². The number of carbonyl (C=O) groups is 1. The topological polar surface area (TPSA) is 96.8 Å². The normalized spacial score (nSPS) is 23.1. The Hall–Kier alpha value is -1.28. The summed E-state index contributed by atoms with van der Waals surface area (Å²) >= 11 is 0. The number of likely N-dealkylation sites (tertiary alicyclic amines) is 1. The summed E-state index contributed by atoms with van der Waals surface area (Å²) < 4.78 is 17.9. The average molecular weight is 429 g/mol. The molecule has 0 aliphatic carbocycles. The van der Waals surface area contributed by atoms with E-state index in [0.29, 0.717) is 39.0 Å². The van der Waals surface area contributed by atoms with Crippen molar-refractivity contribution in [3.8, 4) is 0 Å². The van der Waals surface area contributed by atoms with Crippen molar-refractivity contribution in [2.75, 3.05) is 26.8 Å². The van der Waals surface area contributed by atoms with Gasteiger partial charge in [-0.15, -0.1) is 0 Å². The monoisotopic (exact) mass is 428 g/mol. The number of hydrogen-bond acceptors (Lipinski definition) is 5. The highest BCUT2D eigenvalue weighted by molar-refractivity contribution is 6.74. The van der Waals surface area contributed by atoms with Crippen molar-refractivity contribution in [3.05, 3.63) is 10.4 Å². The summed E-state index contributed by atoms with van der Waals surface area (Å²) in [6.45, 7) is 17.9. The lowest BCUT2D eigenvalue weighted by atomic mass is 9.90. The Morgan fingerprint density at radius 3 is 2.38 bits per heavy atom. The third kappa shape index (κ3) is 7.17. The molecule has 2 atom stereocenters. The Balaban J connectivity index is 3.15. The van der Waals surface area contributed by atoms with Gasteiger partial charge < -0.3 is 13.9 Å². The second-order valence-electron chi connectivity index (χ2n) is 10.5. The molecule has 1 rings (SSSR count). The molecular formula is C20H40N4O4Si. The van der Waals surface area contributed by atoms with Crippen molar-refractivity contribution >= 4 is 14.4 Å². The van der Waals surface area contributed by atoms with Crippen LogP contribution in [0.3, 0.4) is 0 Å². The highest BCUT2D eigenvalue weighted by Crippen LogP contribution is 2.42. The van der Waals surface area contributed by atoms with Crippen LogP contribution in [-0.2, 0) is 13.9 Å². The van der Waals surface area contributed by atoms with Gasteiger partial charge in [-0.25, -0.2) is 4.79 Å². The van der Waals surface area contributed by atoms with E-state index in [9.17, 15) is 4.79 Å². The van der Waals surface area contributed by atoms with E-state index in [1.54, 1.807) is 12.0 Å². The summed E-state index contributed by atoms with van der Waals surface area (Å²) in [5.74, 6) is 0. The van der Waals surface area contributed by atoms with Crippen LogP contribution >= 0.6 is 0 Å². The molecule has 1 heterocycles. The summed E-state index contributed by atoms with van der Waals surface area (Å²) in [5.41, 5.74) is 7.46. The van der Waals surface area contributed by atoms with Crippen LogP contribution in [-0.4, -0.2) is 63.4 Å². The standard InChI is InChI=1S/C20H40N4O4Si/c1-18(2,3)27-17(25)24-14-16(28-29(8,9)19(4,5)6)13-20(24,15-26-7)11-10-12-22-23-21/h16H,10-15H2,1-9H3/t16-,20+/m1/s1. The van der Waals surface area contributed by atoms with E-state index in [1.165, 1.54) is 0 Å². The van der Waals surface area contributed by atoms with Crippen LogP contribution < -0.4 is 0 Å². The summed E-state index contributed by atoms with van der Waals surface area (Å²) in [5, 5.41) is 3.73. The molecule has 1 aliphatic heterocycles. The molecule has 8 nitrogen and oxygen atoms in total. The van der Waals surface area contributed by atoms with Crippen LogP contribution in [0.4, 0.5) is 4.79 Å². The van der Waals surface area contributed by atoms with Crippen LogP contribution in [0, 0.1) is 0 Å². The molecule has 1 saturated heterocycles. The van der Waals surface area contributed by atoms with Crippen LogP contribution in [0.2, 0.25) is 18.1 Å². The van der Waals surface area contributed by atoms with Crippen molar-refractivity contribution in [2.45, 2.75) is 96.2 Å². The van der Waals surface area contributed by atoms with E-state index in [1.807, 2.05) is 20.8 Å². The SMILES string of the molecule is COC[C@]1(CCCN=[N+]=[N-])C[C@@H](O[Si](C)(C)C(C)(C)C)CN1C(=O)OC(C)(C)C. The number of methoxy groups -OCH3 is 1. The van der Waals surface area contributed by atoms with Crippen molar-refractivity contribution in [2.24, 2.45) is 5.11 Å². The van der Waals surface area contributed by atoms with Crippen LogP contribution in [0.25, 0.3) is 10.4 Å². The number of ether oxygens (including phenoxy) is 2. The maximum absolute atomic E-state index is 13.1. The van der Waals surface area contributed by atoms with Crippen LogP contribution in [0.15, 0.2) is 5.11 Å². The Bertz CT molecular complexity index is 609. The molecule has 0 aromatic heterocycles. The third-order valence-corrected chi connectivity index (χ3v) is 10.4. The van der Waals surface area contributed by atoms with Crippen molar-refractivity contribution in [3.63, 3.8) is 0 Å². The predicted octanol–water partition coefficient (Wildman–Crippen LogP) is 5.49. The first-order chi connectivity index (χ1) is 13.2. The van der Waals surface area contributed by atoms with Gasteiger partial charge >= 0.3 is 6.09 Å². The molecule has 168 valence electrons. The number of azide groups is 1. The summed E-state index contributed by atoms with van der Waals surface area (Å²) in [7, 11) is -0.353. The maximum atomic E-state index is 13.1. The first kappa shape index (κ1) is 25.8. The van der Waals surface area contributed by atoms with Crippen molar-refractivity contribution < 1.29 is 18.7 Å². The molecule has 1 aliphatic rings. The largest absolute Gasteiger partial charge is 0.444 e. The fourth-order valence-electron chi connectivity index (χ4n) is 3.49. The smallest absolute Gasteiger partial charge is 0.410 e. The molecule has 1 fully saturated rings. The van der Waals surface area contributed by atoms with Gasteiger partial charge in [-0.05, 0) is 63.7 Å². The quantitative estimate of drug-likeness (QED) is 0.168. The highest BCUT2D eigenvalue weighted by Gasteiger charge is 2.51. The lowest BCUT2D eigenvalue weighted by Gasteiger charge is -2.39. The summed E-state index contributed by atoms with van der Waals surface area (Å²) in [4.78, 5) is 17.7. The zero-order valence-electron chi connectivity index (χ0n) is 19.7. The minimum Gasteiger partial charge on any atom is -0.444 e. The van der Waals surface area contributed by atoms with Crippen LogP contribution in [0.1, 0.15) is 60.8 Å². The molecule has 0 radical (unpaired) electrons. The second kappa shape index (κ2) is 9.68. The van der Waals surface area contributed by atoms with Gasteiger partial charge in [0.1, 0.15) is 5.60 Å². The van der Waals surface area contributed by atoms with Gasteiger partial charge in [-0.1, -0.05) is 25.9 Å². The Morgan fingerprint density at radius 1 is 1.28 bits per heavy atom. The molecule has 0 spiro atoms. The molecular weight excluding hydrogens is 388 g/mol. The number of carbonyl (C=O) groups excluding carboxylic acids is 1. The van der Waals surface area contributed by atoms with Gasteiger partial charge in [0.25, 0.3) is 0 Å². The minimum absolute atomic E-state index is 0.0713. The number of amides is 1. The van der Waals surface area contributed by atoms with Crippen molar-refractivity contribution in [1.82, 2.24) is 4.90 Å². The third-order valence-electron chi connectivity index (χ3n) is 5.82. The number of rotatable bonds is 8. The van der Waals surface area contributed by atoms with E-state index >= 15 is 0 Å². The molecule has 29 heavy (non-hydrogen) atoms. The van der Waals surface area contributed by atoms with E-state index in [2.05, 4.69) is 43.9 Å². The van der Waals surface area contributed by atoms with Gasteiger partial charge in [0, 0.05) is 25.1 Å². The Labute approximate surface area is 177 Å². The molecule has 0 saturated carbocycles. The fraction of sp³-hybridized carbons (Fsp3) is 0.950. The van der Waals surface area contributed by atoms with Gasteiger partial charge in [-0.3, -0.25) is 4.90 Å². The second-order valence-corrected chi connectivity index (χ2v) is 15.3. The van der Waals surface area contributed by atoms with Crippen LogP contribution in [0.5, 0.6) is 0 Å². The Kier molecular flexibility index (Phi) is 8.60. The lowest BCUT2D eigenvalue weighted by molar-refractivity contribution is -0.0137. The molecule has 1 amide bonds. The first-order valence-corrected chi connectivity index (χ1v) is 13.3. The molecule has 9 heteroatoms.